The largest absolute Gasteiger partial charge is 0.317 e. The van der Waals surface area contributed by atoms with Crippen LogP contribution in [0.4, 0.5) is 0 Å². The van der Waals surface area contributed by atoms with Gasteiger partial charge in [-0.3, -0.25) is 0 Å². The lowest BCUT2D eigenvalue weighted by Crippen LogP contribution is -2.30. The van der Waals surface area contributed by atoms with Gasteiger partial charge in [0.25, 0.3) is 0 Å². The molecule has 1 aliphatic carbocycles. The molecule has 0 aromatic heterocycles. The molecule has 1 nitrogen and oxygen atoms in total. The highest BCUT2D eigenvalue weighted by atomic mass is 14.9. The van der Waals surface area contributed by atoms with Crippen LogP contribution in [0.15, 0.2) is 24.3 Å². The van der Waals surface area contributed by atoms with Crippen molar-refractivity contribution in [1.29, 1.82) is 0 Å². The van der Waals surface area contributed by atoms with E-state index in [1.54, 1.807) is 0 Å². The lowest BCUT2D eigenvalue weighted by atomic mass is 9.82. The van der Waals surface area contributed by atoms with Gasteiger partial charge in [0.2, 0.25) is 0 Å². The van der Waals surface area contributed by atoms with Crippen LogP contribution in [0.1, 0.15) is 50.7 Å². The molecule has 1 aliphatic rings. The van der Waals surface area contributed by atoms with Crippen molar-refractivity contribution >= 4 is 0 Å². The van der Waals surface area contributed by atoms with Crippen molar-refractivity contribution < 1.29 is 0 Å². The Bertz CT molecular complexity index is 358. The number of hydrogen-bond acceptors (Lipinski definition) is 1. The van der Waals surface area contributed by atoms with Crippen molar-refractivity contribution in [2.75, 3.05) is 7.05 Å². The smallest absolute Gasteiger partial charge is 0.00642 e. The fourth-order valence-corrected chi connectivity index (χ4v) is 3.27. The van der Waals surface area contributed by atoms with E-state index in [-0.39, 0.29) is 0 Å². The molecular weight excluding hydrogens is 230 g/mol. The summed E-state index contributed by atoms with van der Waals surface area (Å²) in [6, 6.07) is 10.1. The molecule has 1 aromatic carbocycles. The molecular formula is C18H29N. The van der Waals surface area contributed by atoms with E-state index in [1.807, 2.05) is 0 Å². The molecule has 0 atom stereocenters. The average Bonchev–Trinajstić information content (AvgIpc) is 2.41. The van der Waals surface area contributed by atoms with Crippen LogP contribution in [0, 0.1) is 11.8 Å². The summed E-state index contributed by atoms with van der Waals surface area (Å²) in [7, 11) is 2.10. The van der Waals surface area contributed by atoms with Crippen molar-refractivity contribution in [3.8, 4) is 0 Å². The summed E-state index contributed by atoms with van der Waals surface area (Å²) in [5.74, 6) is 1.66. The van der Waals surface area contributed by atoms with Crippen LogP contribution in [-0.4, -0.2) is 13.1 Å². The molecule has 0 saturated heterocycles. The van der Waals surface area contributed by atoms with Gasteiger partial charge >= 0.3 is 0 Å². The zero-order valence-electron chi connectivity index (χ0n) is 12.8. The van der Waals surface area contributed by atoms with Crippen LogP contribution in [0.3, 0.4) is 0 Å². The van der Waals surface area contributed by atoms with Crippen molar-refractivity contribution in [2.24, 2.45) is 11.8 Å². The minimum Gasteiger partial charge on any atom is -0.317 e. The molecule has 106 valence electrons. The minimum atomic E-state index is 0.752. The molecule has 2 rings (SSSR count). The Morgan fingerprint density at radius 1 is 1.00 bits per heavy atom. The number of nitrogens with one attached hydrogen (secondary N) is 1. The predicted molar refractivity (Wildman–Crippen MR) is 83.5 cm³/mol. The highest BCUT2D eigenvalue weighted by molar-refractivity contribution is 5.23. The summed E-state index contributed by atoms with van der Waals surface area (Å²) in [4.78, 5) is 0. The maximum absolute atomic E-state index is 3.41. The standard InChI is InChI=1S/C18H29N/c1-14(2)12-15-4-6-16(7-5-15)13-17-8-10-18(19-3)11-9-17/h4-7,14,17-19H,8-13H2,1-3H3. The Morgan fingerprint density at radius 3 is 2.11 bits per heavy atom. The van der Waals surface area contributed by atoms with Gasteiger partial charge in [-0.1, -0.05) is 38.1 Å². The second-order valence-corrected chi connectivity index (χ2v) is 6.62. The molecule has 0 aliphatic heterocycles. The normalized spacial score (nSPS) is 23.8. The van der Waals surface area contributed by atoms with Crippen LogP contribution in [0.2, 0.25) is 0 Å². The van der Waals surface area contributed by atoms with Crippen LogP contribution in [-0.2, 0) is 12.8 Å². The van der Waals surface area contributed by atoms with E-state index in [0.29, 0.717) is 0 Å². The number of rotatable bonds is 5. The summed E-state index contributed by atoms with van der Waals surface area (Å²) in [6.07, 6.45) is 7.96. The second-order valence-electron chi connectivity index (χ2n) is 6.62. The molecule has 0 radical (unpaired) electrons. The molecule has 0 spiro atoms. The molecule has 1 aromatic rings. The molecule has 1 fully saturated rings. The summed E-state index contributed by atoms with van der Waals surface area (Å²) in [5, 5.41) is 3.41. The summed E-state index contributed by atoms with van der Waals surface area (Å²) < 4.78 is 0. The third kappa shape index (κ3) is 4.65. The number of hydrogen-bond donors (Lipinski definition) is 1. The minimum absolute atomic E-state index is 0.752. The van der Waals surface area contributed by atoms with Gasteiger partial charge in [0.15, 0.2) is 0 Å². The zero-order valence-corrected chi connectivity index (χ0v) is 12.8. The van der Waals surface area contributed by atoms with E-state index >= 15 is 0 Å². The van der Waals surface area contributed by atoms with E-state index in [2.05, 4.69) is 50.5 Å². The first-order chi connectivity index (χ1) is 9.17. The molecule has 0 amide bonds. The maximum Gasteiger partial charge on any atom is 0.00642 e. The van der Waals surface area contributed by atoms with Gasteiger partial charge < -0.3 is 5.32 Å². The van der Waals surface area contributed by atoms with E-state index in [0.717, 1.165) is 17.9 Å². The fraction of sp³-hybridized carbons (Fsp3) is 0.667. The van der Waals surface area contributed by atoms with Crippen LogP contribution >= 0.6 is 0 Å². The van der Waals surface area contributed by atoms with Gasteiger partial charge in [0.05, 0.1) is 0 Å². The quantitative estimate of drug-likeness (QED) is 0.835. The molecule has 1 saturated carbocycles. The average molecular weight is 259 g/mol. The molecule has 0 unspecified atom stereocenters. The molecule has 19 heavy (non-hydrogen) atoms. The summed E-state index contributed by atoms with van der Waals surface area (Å²) >= 11 is 0. The third-order valence-electron chi connectivity index (χ3n) is 4.45. The summed E-state index contributed by atoms with van der Waals surface area (Å²) in [6.45, 7) is 4.57. The molecule has 1 heteroatoms. The van der Waals surface area contributed by atoms with E-state index in [1.165, 1.54) is 49.7 Å². The van der Waals surface area contributed by atoms with Crippen LogP contribution in [0.25, 0.3) is 0 Å². The molecule has 0 heterocycles. The van der Waals surface area contributed by atoms with Crippen LogP contribution < -0.4 is 5.32 Å². The van der Waals surface area contributed by atoms with Crippen molar-refractivity contribution in [3.63, 3.8) is 0 Å². The topological polar surface area (TPSA) is 12.0 Å². The monoisotopic (exact) mass is 259 g/mol. The maximum atomic E-state index is 3.41. The van der Waals surface area contributed by atoms with Gasteiger partial charge in [-0.2, -0.15) is 0 Å². The first-order valence-corrected chi connectivity index (χ1v) is 7.92. The molecule has 1 N–H and O–H groups in total. The SMILES string of the molecule is CNC1CCC(Cc2ccc(CC(C)C)cc2)CC1. The highest BCUT2D eigenvalue weighted by Crippen LogP contribution is 2.27. The number of benzene rings is 1. The highest BCUT2D eigenvalue weighted by Gasteiger charge is 2.19. The lowest BCUT2D eigenvalue weighted by molar-refractivity contribution is 0.300. The van der Waals surface area contributed by atoms with Gasteiger partial charge in [-0.15, -0.1) is 0 Å². The second kappa shape index (κ2) is 7.09. The van der Waals surface area contributed by atoms with Crippen molar-refractivity contribution in [1.82, 2.24) is 5.32 Å². The first-order valence-electron chi connectivity index (χ1n) is 7.92. The Labute approximate surface area is 118 Å². The van der Waals surface area contributed by atoms with E-state index in [4.69, 9.17) is 0 Å². The Morgan fingerprint density at radius 2 is 1.58 bits per heavy atom. The Kier molecular flexibility index (Phi) is 5.45. The van der Waals surface area contributed by atoms with Crippen LogP contribution in [0.5, 0.6) is 0 Å². The van der Waals surface area contributed by atoms with E-state index in [9.17, 15) is 0 Å². The summed E-state index contributed by atoms with van der Waals surface area (Å²) in [5.41, 5.74) is 3.01. The Balaban J connectivity index is 1.83. The zero-order chi connectivity index (χ0) is 13.7. The van der Waals surface area contributed by atoms with Crippen molar-refractivity contribution in [2.45, 2.75) is 58.4 Å². The van der Waals surface area contributed by atoms with Gasteiger partial charge in [-0.05, 0) is 68.5 Å². The van der Waals surface area contributed by atoms with Gasteiger partial charge in [0, 0.05) is 6.04 Å². The van der Waals surface area contributed by atoms with Gasteiger partial charge in [-0.25, -0.2) is 0 Å². The predicted octanol–water partition coefficient (Wildman–Crippen LogP) is 4.21. The third-order valence-corrected chi connectivity index (χ3v) is 4.45. The lowest BCUT2D eigenvalue weighted by Gasteiger charge is -2.28. The first kappa shape index (κ1) is 14.6. The Hall–Kier alpha value is -0.820. The van der Waals surface area contributed by atoms with E-state index < -0.39 is 0 Å². The van der Waals surface area contributed by atoms with Gasteiger partial charge in [0.1, 0.15) is 0 Å². The molecule has 0 bridgehead atoms. The van der Waals surface area contributed by atoms with Crippen molar-refractivity contribution in [3.05, 3.63) is 35.4 Å². The fourth-order valence-electron chi connectivity index (χ4n) is 3.27.